The quantitative estimate of drug-likeness (QED) is 0.698. The Balaban J connectivity index is 2.17. The van der Waals surface area contributed by atoms with E-state index in [2.05, 4.69) is 5.10 Å². The van der Waals surface area contributed by atoms with Crippen molar-refractivity contribution in [2.24, 2.45) is 0 Å². The number of aryl methyl sites for hydroxylation is 1. The largest absolute Gasteiger partial charge is 0.464 e. The van der Waals surface area contributed by atoms with Crippen LogP contribution in [0.2, 0.25) is 0 Å². The first-order chi connectivity index (χ1) is 11.1. The molecule has 116 valence electrons. The van der Waals surface area contributed by atoms with Gasteiger partial charge in [-0.15, -0.1) is 0 Å². The number of nitrogens with zero attached hydrogens (tertiary/aromatic N) is 2. The third-order valence-corrected chi connectivity index (χ3v) is 3.70. The summed E-state index contributed by atoms with van der Waals surface area (Å²) in [4.78, 5) is 24.6. The molecule has 0 spiro atoms. The summed E-state index contributed by atoms with van der Waals surface area (Å²) in [7, 11) is 1.30. The van der Waals surface area contributed by atoms with Gasteiger partial charge in [0.05, 0.1) is 19.0 Å². The Bertz CT molecular complexity index is 927. The predicted molar refractivity (Wildman–Crippen MR) is 87.6 cm³/mol. The molecule has 0 aliphatic rings. The highest BCUT2D eigenvalue weighted by Crippen LogP contribution is 2.14. The maximum atomic E-state index is 12.6. The van der Waals surface area contributed by atoms with E-state index in [0.717, 1.165) is 11.1 Å². The molecule has 0 bridgehead atoms. The average Bonchev–Trinajstić information content (AvgIpc) is 2.58. The van der Waals surface area contributed by atoms with Crippen molar-refractivity contribution in [3.8, 4) is 0 Å². The van der Waals surface area contributed by atoms with Crippen LogP contribution in [0.15, 0.2) is 53.3 Å². The average molecular weight is 308 g/mol. The van der Waals surface area contributed by atoms with Crippen LogP contribution in [0.5, 0.6) is 0 Å². The number of methoxy groups -OCH3 is 1. The second-order valence-electron chi connectivity index (χ2n) is 5.33. The van der Waals surface area contributed by atoms with E-state index in [0.29, 0.717) is 17.3 Å². The molecule has 0 radical (unpaired) electrons. The number of carbonyl (C=O) groups is 1. The smallest absolute Gasteiger partial charge is 0.359 e. The molecule has 0 amide bonds. The van der Waals surface area contributed by atoms with E-state index < -0.39 is 5.97 Å². The number of ether oxygens (including phenoxy) is 1. The molecule has 2 aromatic carbocycles. The van der Waals surface area contributed by atoms with Gasteiger partial charge in [-0.3, -0.25) is 4.79 Å². The lowest BCUT2D eigenvalue weighted by molar-refractivity contribution is 0.0593. The van der Waals surface area contributed by atoms with Gasteiger partial charge >= 0.3 is 5.97 Å². The summed E-state index contributed by atoms with van der Waals surface area (Å²) < 4.78 is 6.09. The first-order valence-electron chi connectivity index (χ1n) is 7.24. The first kappa shape index (κ1) is 15.0. The van der Waals surface area contributed by atoms with Crippen molar-refractivity contribution in [1.29, 1.82) is 0 Å². The molecular weight excluding hydrogens is 292 g/mol. The third-order valence-electron chi connectivity index (χ3n) is 3.70. The molecule has 1 heterocycles. The molecule has 0 atom stereocenters. The number of hydrogen-bond acceptors (Lipinski definition) is 4. The van der Waals surface area contributed by atoms with E-state index >= 15 is 0 Å². The summed E-state index contributed by atoms with van der Waals surface area (Å²) in [6, 6.07) is 14.8. The predicted octanol–water partition coefficient (Wildman–Crippen LogP) is 2.54. The van der Waals surface area contributed by atoms with Crippen LogP contribution in [-0.2, 0) is 11.3 Å². The zero-order valence-corrected chi connectivity index (χ0v) is 12.9. The minimum atomic E-state index is -0.557. The third kappa shape index (κ3) is 2.85. The number of esters is 1. The van der Waals surface area contributed by atoms with Gasteiger partial charge < -0.3 is 4.74 Å². The second kappa shape index (κ2) is 6.04. The minimum absolute atomic E-state index is 0.148. The molecule has 3 aromatic rings. The maximum absolute atomic E-state index is 12.6. The van der Waals surface area contributed by atoms with E-state index in [1.165, 1.54) is 11.8 Å². The Morgan fingerprint density at radius 1 is 1.09 bits per heavy atom. The van der Waals surface area contributed by atoms with E-state index in [-0.39, 0.29) is 11.3 Å². The molecule has 0 aliphatic carbocycles. The maximum Gasteiger partial charge on any atom is 0.359 e. The standard InChI is InChI=1S/C18H16N2O3/c1-12-7-9-13(10-8-12)11-20-17(21)15-6-4-3-5-14(15)16(19-20)18(22)23-2/h3-10H,11H2,1-2H3. The van der Waals surface area contributed by atoms with Gasteiger partial charge in [-0.05, 0) is 18.6 Å². The zero-order chi connectivity index (χ0) is 16.4. The summed E-state index contributed by atoms with van der Waals surface area (Å²) in [6.07, 6.45) is 0. The highest BCUT2D eigenvalue weighted by molar-refractivity contribution is 6.01. The van der Waals surface area contributed by atoms with Crippen LogP contribution in [0.3, 0.4) is 0 Å². The normalized spacial score (nSPS) is 10.7. The van der Waals surface area contributed by atoms with E-state index in [4.69, 9.17) is 4.74 Å². The van der Waals surface area contributed by atoms with Crippen molar-refractivity contribution in [3.63, 3.8) is 0 Å². The highest BCUT2D eigenvalue weighted by Gasteiger charge is 2.16. The van der Waals surface area contributed by atoms with Crippen LogP contribution in [0.25, 0.3) is 10.8 Å². The molecule has 0 N–H and O–H groups in total. The molecule has 0 saturated carbocycles. The fourth-order valence-corrected chi connectivity index (χ4v) is 2.46. The van der Waals surface area contributed by atoms with Crippen LogP contribution in [-0.4, -0.2) is 22.9 Å². The molecule has 23 heavy (non-hydrogen) atoms. The van der Waals surface area contributed by atoms with Crippen LogP contribution >= 0.6 is 0 Å². The van der Waals surface area contributed by atoms with Gasteiger partial charge in [0.25, 0.3) is 5.56 Å². The summed E-state index contributed by atoms with van der Waals surface area (Å²) in [5.41, 5.74) is 2.00. The van der Waals surface area contributed by atoms with Crippen molar-refractivity contribution in [2.45, 2.75) is 13.5 Å². The van der Waals surface area contributed by atoms with Gasteiger partial charge in [0.15, 0.2) is 5.69 Å². The molecule has 3 rings (SSSR count). The number of benzene rings is 2. The zero-order valence-electron chi connectivity index (χ0n) is 12.9. The summed E-state index contributed by atoms with van der Waals surface area (Å²) in [6.45, 7) is 2.30. The number of carbonyl (C=O) groups excluding carboxylic acids is 1. The Morgan fingerprint density at radius 3 is 2.39 bits per heavy atom. The van der Waals surface area contributed by atoms with Crippen molar-refractivity contribution in [3.05, 3.63) is 75.7 Å². The van der Waals surface area contributed by atoms with Crippen LogP contribution in [0, 0.1) is 6.92 Å². The highest BCUT2D eigenvalue weighted by atomic mass is 16.5. The van der Waals surface area contributed by atoms with Crippen molar-refractivity contribution >= 4 is 16.7 Å². The van der Waals surface area contributed by atoms with Crippen molar-refractivity contribution in [1.82, 2.24) is 9.78 Å². The Labute approximate surface area is 133 Å². The fourth-order valence-electron chi connectivity index (χ4n) is 2.46. The summed E-state index contributed by atoms with van der Waals surface area (Å²) >= 11 is 0. The van der Waals surface area contributed by atoms with Gasteiger partial charge in [0.1, 0.15) is 0 Å². The van der Waals surface area contributed by atoms with Gasteiger partial charge in [-0.2, -0.15) is 5.10 Å². The summed E-state index contributed by atoms with van der Waals surface area (Å²) in [5.74, 6) is -0.557. The van der Waals surface area contributed by atoms with Gasteiger partial charge in [-0.25, -0.2) is 9.48 Å². The van der Waals surface area contributed by atoms with Crippen LogP contribution in [0.1, 0.15) is 21.6 Å². The number of hydrogen-bond donors (Lipinski definition) is 0. The number of rotatable bonds is 3. The first-order valence-corrected chi connectivity index (χ1v) is 7.24. The van der Waals surface area contributed by atoms with Crippen LogP contribution in [0.4, 0.5) is 0 Å². The second-order valence-corrected chi connectivity index (χ2v) is 5.33. The van der Waals surface area contributed by atoms with E-state index in [1.54, 1.807) is 24.3 Å². The van der Waals surface area contributed by atoms with Gasteiger partial charge in [-0.1, -0.05) is 48.0 Å². The molecule has 5 nitrogen and oxygen atoms in total. The Hall–Kier alpha value is -2.95. The van der Waals surface area contributed by atoms with Crippen molar-refractivity contribution in [2.75, 3.05) is 7.11 Å². The van der Waals surface area contributed by atoms with Gasteiger partial charge in [0, 0.05) is 5.39 Å². The van der Waals surface area contributed by atoms with Gasteiger partial charge in [0.2, 0.25) is 0 Å². The molecule has 0 aliphatic heterocycles. The summed E-state index contributed by atoms with van der Waals surface area (Å²) in [5, 5.41) is 5.18. The molecular formula is C18H16N2O3. The Kier molecular flexibility index (Phi) is 3.93. The molecule has 0 unspecified atom stereocenters. The topological polar surface area (TPSA) is 61.2 Å². The monoisotopic (exact) mass is 308 g/mol. The molecule has 0 fully saturated rings. The minimum Gasteiger partial charge on any atom is -0.464 e. The number of fused-ring (bicyclic) bond motifs is 1. The molecule has 0 saturated heterocycles. The van der Waals surface area contributed by atoms with E-state index in [9.17, 15) is 9.59 Å². The number of aromatic nitrogens is 2. The lowest BCUT2D eigenvalue weighted by atomic mass is 10.1. The molecule has 5 heteroatoms. The Morgan fingerprint density at radius 2 is 1.74 bits per heavy atom. The lowest BCUT2D eigenvalue weighted by Crippen LogP contribution is -2.26. The van der Waals surface area contributed by atoms with E-state index in [1.807, 2.05) is 31.2 Å². The fraction of sp³-hybridized carbons (Fsp3) is 0.167. The lowest BCUT2D eigenvalue weighted by Gasteiger charge is -2.10. The van der Waals surface area contributed by atoms with Crippen molar-refractivity contribution < 1.29 is 9.53 Å². The van der Waals surface area contributed by atoms with Crippen LogP contribution < -0.4 is 5.56 Å². The SMILES string of the molecule is COC(=O)c1nn(Cc2ccc(C)cc2)c(=O)c2ccccc12. The molecule has 1 aromatic heterocycles.